The van der Waals surface area contributed by atoms with Crippen molar-refractivity contribution in [1.82, 2.24) is 10.2 Å². The van der Waals surface area contributed by atoms with E-state index >= 15 is 0 Å². The molecule has 0 bridgehead atoms. The van der Waals surface area contributed by atoms with Gasteiger partial charge in [-0.25, -0.2) is 8.42 Å². The lowest BCUT2D eigenvalue weighted by molar-refractivity contribution is -0.139. The predicted molar refractivity (Wildman–Crippen MR) is 155 cm³/mol. The van der Waals surface area contributed by atoms with Crippen molar-refractivity contribution in [3.05, 3.63) is 84.4 Å². The number of methoxy groups -OCH3 is 2. The molecule has 214 valence electrons. The molecule has 3 aromatic carbocycles. The summed E-state index contributed by atoms with van der Waals surface area (Å²) in [5.41, 5.74) is 0.936. The third kappa shape index (κ3) is 7.32. The van der Waals surface area contributed by atoms with Crippen molar-refractivity contribution in [3.63, 3.8) is 0 Å². The summed E-state index contributed by atoms with van der Waals surface area (Å²) in [5, 5.41) is 2.92. The number of sulfonamides is 1. The summed E-state index contributed by atoms with van der Waals surface area (Å²) in [6, 6.07) is 20.9. The van der Waals surface area contributed by atoms with Crippen molar-refractivity contribution < 1.29 is 27.5 Å². The lowest BCUT2D eigenvalue weighted by atomic mass is 10.1. The quantitative estimate of drug-likeness (QED) is 0.332. The van der Waals surface area contributed by atoms with Crippen LogP contribution in [0, 0.1) is 0 Å². The van der Waals surface area contributed by atoms with E-state index in [0.717, 1.165) is 16.3 Å². The van der Waals surface area contributed by atoms with E-state index in [2.05, 4.69) is 5.32 Å². The Balaban J connectivity index is 2.09. The van der Waals surface area contributed by atoms with Gasteiger partial charge in [-0.05, 0) is 50.1 Å². The SMILES string of the molecule is CCC(C)NC(=O)C(C)N(Cc1ccccc1)C(=O)CN(c1cc(OC)ccc1OC)S(=O)(=O)c1ccccc1. The standard InChI is InChI=1S/C30H37N3O6S/c1-6-22(2)31-30(35)23(3)32(20-24-13-9-7-10-14-24)29(34)21-33(40(36,37)26-15-11-8-12-16-26)27-19-25(38-4)17-18-28(27)39-5/h7-19,22-23H,6,20-21H2,1-5H3,(H,31,35). The van der Waals surface area contributed by atoms with Gasteiger partial charge in [0, 0.05) is 18.7 Å². The van der Waals surface area contributed by atoms with Gasteiger partial charge in [0.2, 0.25) is 11.8 Å². The van der Waals surface area contributed by atoms with Gasteiger partial charge in [-0.1, -0.05) is 55.5 Å². The van der Waals surface area contributed by atoms with Crippen molar-refractivity contribution in [3.8, 4) is 11.5 Å². The van der Waals surface area contributed by atoms with E-state index in [9.17, 15) is 18.0 Å². The van der Waals surface area contributed by atoms with Gasteiger partial charge < -0.3 is 19.7 Å². The Morgan fingerprint density at radius 1 is 0.900 bits per heavy atom. The van der Waals surface area contributed by atoms with Gasteiger partial charge >= 0.3 is 0 Å². The number of hydrogen-bond acceptors (Lipinski definition) is 6. The van der Waals surface area contributed by atoms with Crippen LogP contribution >= 0.6 is 0 Å². The molecular formula is C30H37N3O6S. The van der Waals surface area contributed by atoms with Crippen LogP contribution in [0.15, 0.2) is 83.8 Å². The zero-order valence-electron chi connectivity index (χ0n) is 23.5. The average Bonchev–Trinajstić information content (AvgIpc) is 2.98. The summed E-state index contributed by atoms with van der Waals surface area (Å²) in [5.74, 6) is -0.251. The Labute approximate surface area is 236 Å². The van der Waals surface area contributed by atoms with E-state index < -0.39 is 28.5 Å². The molecule has 3 aromatic rings. The zero-order valence-corrected chi connectivity index (χ0v) is 24.4. The topological polar surface area (TPSA) is 105 Å². The Morgan fingerprint density at radius 2 is 1.52 bits per heavy atom. The minimum absolute atomic E-state index is 0.00449. The first-order chi connectivity index (χ1) is 19.1. The molecule has 0 fully saturated rings. The number of rotatable bonds is 13. The maximum Gasteiger partial charge on any atom is 0.264 e. The maximum absolute atomic E-state index is 14.0. The molecule has 1 N–H and O–H groups in total. The fourth-order valence-electron chi connectivity index (χ4n) is 4.05. The number of anilines is 1. The van der Waals surface area contributed by atoms with Gasteiger partial charge in [-0.2, -0.15) is 0 Å². The normalized spacial score (nSPS) is 12.6. The van der Waals surface area contributed by atoms with Crippen LogP contribution in [0.25, 0.3) is 0 Å². The number of carbonyl (C=O) groups excluding carboxylic acids is 2. The maximum atomic E-state index is 14.0. The van der Waals surface area contributed by atoms with Crippen molar-refractivity contribution in [1.29, 1.82) is 0 Å². The Bertz CT molecular complexity index is 1380. The van der Waals surface area contributed by atoms with E-state index in [0.29, 0.717) is 5.75 Å². The molecule has 2 amide bonds. The van der Waals surface area contributed by atoms with Gasteiger partial charge in [-0.15, -0.1) is 0 Å². The van der Waals surface area contributed by atoms with Crippen LogP contribution in [0.2, 0.25) is 0 Å². The van der Waals surface area contributed by atoms with Gasteiger partial charge in [-0.3, -0.25) is 13.9 Å². The molecule has 0 spiro atoms. The van der Waals surface area contributed by atoms with Crippen LogP contribution in [-0.4, -0.2) is 58.0 Å². The second kappa shape index (κ2) is 13.8. The summed E-state index contributed by atoms with van der Waals surface area (Å²) in [4.78, 5) is 28.6. The van der Waals surface area contributed by atoms with Crippen molar-refractivity contribution in [2.75, 3.05) is 25.1 Å². The van der Waals surface area contributed by atoms with Gasteiger partial charge in [0.1, 0.15) is 24.1 Å². The van der Waals surface area contributed by atoms with E-state index in [4.69, 9.17) is 9.47 Å². The van der Waals surface area contributed by atoms with Gasteiger partial charge in [0.25, 0.3) is 10.0 Å². The van der Waals surface area contributed by atoms with Crippen LogP contribution in [0.4, 0.5) is 5.69 Å². The molecule has 0 aliphatic rings. The molecule has 0 aliphatic heterocycles. The smallest absolute Gasteiger partial charge is 0.264 e. The third-order valence-electron chi connectivity index (χ3n) is 6.63. The highest BCUT2D eigenvalue weighted by Crippen LogP contribution is 2.36. The first kappa shape index (κ1) is 30.5. The second-order valence-electron chi connectivity index (χ2n) is 9.36. The van der Waals surface area contributed by atoms with E-state index in [-0.39, 0.29) is 34.8 Å². The first-order valence-electron chi connectivity index (χ1n) is 13.1. The minimum atomic E-state index is -4.23. The van der Waals surface area contributed by atoms with Crippen LogP contribution in [0.5, 0.6) is 11.5 Å². The van der Waals surface area contributed by atoms with Crippen LogP contribution in [-0.2, 0) is 26.2 Å². The number of benzene rings is 3. The fourth-order valence-corrected chi connectivity index (χ4v) is 5.49. The number of carbonyl (C=O) groups is 2. The molecule has 0 saturated heterocycles. The molecule has 40 heavy (non-hydrogen) atoms. The fraction of sp³-hybridized carbons (Fsp3) is 0.333. The summed E-state index contributed by atoms with van der Waals surface area (Å²) in [7, 11) is -1.35. The van der Waals surface area contributed by atoms with Gasteiger partial charge in [0.15, 0.2) is 0 Å². The highest BCUT2D eigenvalue weighted by atomic mass is 32.2. The number of ether oxygens (including phenoxy) is 2. The molecule has 3 rings (SSSR count). The molecule has 0 aliphatic carbocycles. The number of nitrogens with zero attached hydrogens (tertiary/aromatic N) is 2. The molecule has 0 aromatic heterocycles. The molecule has 10 heteroatoms. The molecule has 2 atom stereocenters. The summed E-state index contributed by atoms with van der Waals surface area (Å²) < 4.78 is 39.8. The molecular weight excluding hydrogens is 530 g/mol. The minimum Gasteiger partial charge on any atom is -0.497 e. The molecule has 0 saturated carbocycles. The molecule has 9 nitrogen and oxygen atoms in total. The van der Waals surface area contributed by atoms with Crippen LogP contribution in [0.1, 0.15) is 32.8 Å². The Hall–Kier alpha value is -4.05. The predicted octanol–water partition coefficient (Wildman–Crippen LogP) is 4.23. The monoisotopic (exact) mass is 567 g/mol. The van der Waals surface area contributed by atoms with Crippen molar-refractivity contribution in [2.24, 2.45) is 0 Å². The zero-order chi connectivity index (χ0) is 29.3. The average molecular weight is 568 g/mol. The van der Waals surface area contributed by atoms with Crippen molar-refractivity contribution >= 4 is 27.5 Å². The largest absolute Gasteiger partial charge is 0.497 e. The Kier molecular flexibility index (Phi) is 10.6. The number of hydrogen-bond donors (Lipinski definition) is 1. The van der Waals surface area contributed by atoms with Crippen molar-refractivity contribution in [2.45, 2.75) is 50.7 Å². The highest BCUT2D eigenvalue weighted by molar-refractivity contribution is 7.92. The number of nitrogens with one attached hydrogen (secondary N) is 1. The van der Waals surface area contributed by atoms with Gasteiger partial charge in [0.05, 0.1) is 24.8 Å². The summed E-state index contributed by atoms with van der Waals surface area (Å²) >= 11 is 0. The van der Waals surface area contributed by atoms with Crippen LogP contribution < -0.4 is 19.1 Å². The summed E-state index contributed by atoms with van der Waals surface area (Å²) in [6.45, 7) is 5.02. The molecule has 0 heterocycles. The lowest BCUT2D eigenvalue weighted by Gasteiger charge is -2.33. The second-order valence-corrected chi connectivity index (χ2v) is 11.2. The first-order valence-corrected chi connectivity index (χ1v) is 14.5. The lowest BCUT2D eigenvalue weighted by Crippen LogP contribution is -2.52. The third-order valence-corrected chi connectivity index (χ3v) is 8.40. The summed E-state index contributed by atoms with van der Waals surface area (Å²) in [6.07, 6.45) is 0.726. The van der Waals surface area contributed by atoms with E-state index in [1.807, 2.05) is 44.2 Å². The van der Waals surface area contributed by atoms with E-state index in [1.54, 1.807) is 37.3 Å². The number of amides is 2. The molecule has 2 unspecified atom stereocenters. The van der Waals surface area contributed by atoms with Crippen LogP contribution in [0.3, 0.4) is 0 Å². The van der Waals surface area contributed by atoms with E-state index in [1.165, 1.54) is 37.3 Å². The molecule has 0 radical (unpaired) electrons. The highest BCUT2D eigenvalue weighted by Gasteiger charge is 2.34. The Morgan fingerprint density at radius 3 is 2.10 bits per heavy atom.